The van der Waals surface area contributed by atoms with Crippen molar-refractivity contribution >= 4 is 23.2 Å². The van der Waals surface area contributed by atoms with Crippen molar-refractivity contribution in [1.82, 2.24) is 9.36 Å². The SMILES string of the molecule is Cc1c(C(=O)Nc2cccc(Cl)c2)c(=O)n(-c2ccccc2)n1C. The van der Waals surface area contributed by atoms with E-state index in [9.17, 15) is 9.59 Å². The number of aromatic nitrogens is 2. The van der Waals surface area contributed by atoms with Crippen LogP contribution in [0.3, 0.4) is 0 Å². The predicted molar refractivity (Wildman–Crippen MR) is 95.2 cm³/mol. The van der Waals surface area contributed by atoms with Gasteiger partial charge >= 0.3 is 0 Å². The summed E-state index contributed by atoms with van der Waals surface area (Å²) in [6.07, 6.45) is 0. The molecule has 6 heteroatoms. The first-order valence-corrected chi connectivity index (χ1v) is 7.78. The molecule has 0 atom stereocenters. The van der Waals surface area contributed by atoms with E-state index in [1.54, 1.807) is 42.9 Å². The highest BCUT2D eigenvalue weighted by Gasteiger charge is 2.22. The number of rotatable bonds is 3. The van der Waals surface area contributed by atoms with Crippen molar-refractivity contribution in [2.45, 2.75) is 6.92 Å². The molecule has 1 N–H and O–H groups in total. The number of carbonyl (C=O) groups excluding carboxylic acids is 1. The van der Waals surface area contributed by atoms with Gasteiger partial charge < -0.3 is 5.32 Å². The molecule has 1 heterocycles. The number of carbonyl (C=O) groups is 1. The molecular weight excluding hydrogens is 326 g/mol. The third-order valence-corrected chi connectivity index (χ3v) is 4.10. The molecule has 1 aromatic heterocycles. The minimum atomic E-state index is -0.454. The van der Waals surface area contributed by atoms with Gasteiger partial charge in [-0.3, -0.25) is 14.3 Å². The number of nitrogens with one attached hydrogen (secondary N) is 1. The number of anilines is 1. The first-order valence-electron chi connectivity index (χ1n) is 7.40. The van der Waals surface area contributed by atoms with Crippen molar-refractivity contribution in [3.63, 3.8) is 0 Å². The number of para-hydroxylation sites is 1. The summed E-state index contributed by atoms with van der Waals surface area (Å²) >= 11 is 5.92. The normalized spacial score (nSPS) is 10.6. The van der Waals surface area contributed by atoms with E-state index in [1.165, 1.54) is 4.68 Å². The summed E-state index contributed by atoms with van der Waals surface area (Å²) in [5.74, 6) is -0.454. The average molecular weight is 342 g/mol. The highest BCUT2D eigenvalue weighted by atomic mass is 35.5. The average Bonchev–Trinajstić information content (AvgIpc) is 2.78. The lowest BCUT2D eigenvalue weighted by Crippen LogP contribution is -2.25. The van der Waals surface area contributed by atoms with Crippen molar-refractivity contribution in [2.75, 3.05) is 5.32 Å². The zero-order chi connectivity index (χ0) is 17.3. The van der Waals surface area contributed by atoms with Crippen LogP contribution in [0.2, 0.25) is 5.02 Å². The van der Waals surface area contributed by atoms with E-state index in [2.05, 4.69) is 5.32 Å². The van der Waals surface area contributed by atoms with E-state index in [0.717, 1.165) is 0 Å². The number of hydrogen-bond donors (Lipinski definition) is 1. The Hall–Kier alpha value is -2.79. The monoisotopic (exact) mass is 341 g/mol. The molecule has 0 radical (unpaired) electrons. The Morgan fingerprint density at radius 2 is 1.79 bits per heavy atom. The molecule has 3 aromatic rings. The minimum Gasteiger partial charge on any atom is -0.322 e. The molecule has 0 unspecified atom stereocenters. The lowest BCUT2D eigenvalue weighted by molar-refractivity contribution is 0.102. The van der Waals surface area contributed by atoms with Gasteiger partial charge in [-0.1, -0.05) is 35.9 Å². The van der Waals surface area contributed by atoms with Crippen molar-refractivity contribution in [3.8, 4) is 5.69 Å². The summed E-state index contributed by atoms with van der Waals surface area (Å²) in [5, 5.41) is 3.24. The van der Waals surface area contributed by atoms with Crippen molar-refractivity contribution < 1.29 is 4.79 Å². The van der Waals surface area contributed by atoms with Gasteiger partial charge in [0.05, 0.1) is 11.4 Å². The summed E-state index contributed by atoms with van der Waals surface area (Å²) in [6, 6.07) is 16.0. The van der Waals surface area contributed by atoms with Crippen LogP contribution in [0.25, 0.3) is 5.69 Å². The first kappa shape index (κ1) is 16.1. The second kappa shape index (κ2) is 6.37. The standard InChI is InChI=1S/C18H16ClN3O2/c1-12-16(17(23)20-14-8-6-7-13(19)11-14)18(24)22(21(12)2)15-9-4-3-5-10-15/h3-11H,1-2H3,(H,20,23). The summed E-state index contributed by atoms with van der Waals surface area (Å²) < 4.78 is 3.15. The largest absolute Gasteiger partial charge is 0.322 e. The smallest absolute Gasteiger partial charge is 0.284 e. The van der Waals surface area contributed by atoms with Gasteiger partial charge in [0, 0.05) is 17.8 Å². The molecule has 0 saturated heterocycles. The molecule has 0 aliphatic heterocycles. The van der Waals surface area contributed by atoms with Crippen LogP contribution in [0.15, 0.2) is 59.4 Å². The highest BCUT2D eigenvalue weighted by Crippen LogP contribution is 2.17. The molecule has 2 aromatic carbocycles. The Labute approximate surface area is 144 Å². The molecule has 0 aliphatic rings. The maximum atomic E-state index is 12.8. The Bertz CT molecular complexity index is 958. The van der Waals surface area contributed by atoms with Crippen LogP contribution in [0.5, 0.6) is 0 Å². The lowest BCUT2D eigenvalue weighted by Gasteiger charge is -2.07. The van der Waals surface area contributed by atoms with Gasteiger partial charge in [-0.2, -0.15) is 0 Å². The molecule has 1 amide bonds. The number of nitrogens with zero attached hydrogens (tertiary/aromatic N) is 2. The van der Waals surface area contributed by atoms with Crippen LogP contribution < -0.4 is 10.9 Å². The molecule has 3 rings (SSSR count). The molecule has 0 fully saturated rings. The van der Waals surface area contributed by atoms with Crippen LogP contribution in [0, 0.1) is 6.92 Å². The Kier molecular flexibility index (Phi) is 4.27. The number of halogens is 1. The highest BCUT2D eigenvalue weighted by molar-refractivity contribution is 6.31. The van der Waals surface area contributed by atoms with Gasteiger partial charge in [0.15, 0.2) is 0 Å². The van der Waals surface area contributed by atoms with Crippen LogP contribution in [-0.2, 0) is 7.05 Å². The quantitative estimate of drug-likeness (QED) is 0.794. The molecule has 0 saturated carbocycles. The van der Waals surface area contributed by atoms with Gasteiger partial charge in [0.1, 0.15) is 5.56 Å². The zero-order valence-corrected chi connectivity index (χ0v) is 14.0. The van der Waals surface area contributed by atoms with E-state index in [-0.39, 0.29) is 11.1 Å². The molecular formula is C18H16ClN3O2. The summed E-state index contributed by atoms with van der Waals surface area (Å²) in [5.41, 5.74) is 1.58. The number of amides is 1. The van der Waals surface area contributed by atoms with E-state index in [4.69, 9.17) is 11.6 Å². The summed E-state index contributed by atoms with van der Waals surface area (Å²) in [4.78, 5) is 25.3. The number of benzene rings is 2. The Morgan fingerprint density at radius 3 is 2.46 bits per heavy atom. The molecule has 122 valence electrons. The van der Waals surface area contributed by atoms with Crippen molar-refractivity contribution in [3.05, 3.63) is 81.2 Å². The summed E-state index contributed by atoms with van der Waals surface area (Å²) in [6.45, 7) is 1.74. The van der Waals surface area contributed by atoms with Gasteiger partial charge in [-0.15, -0.1) is 0 Å². The maximum absolute atomic E-state index is 12.8. The van der Waals surface area contributed by atoms with Crippen LogP contribution in [-0.4, -0.2) is 15.3 Å². The number of hydrogen-bond acceptors (Lipinski definition) is 2. The predicted octanol–water partition coefficient (Wildman–Crippen LogP) is 3.39. The van der Waals surface area contributed by atoms with Gasteiger partial charge in [0.2, 0.25) is 0 Å². The van der Waals surface area contributed by atoms with Crippen molar-refractivity contribution in [1.29, 1.82) is 0 Å². The summed E-state index contributed by atoms with van der Waals surface area (Å²) in [7, 11) is 1.75. The second-order valence-corrected chi connectivity index (χ2v) is 5.84. The van der Waals surface area contributed by atoms with Crippen LogP contribution in [0.1, 0.15) is 16.1 Å². The third kappa shape index (κ3) is 2.86. The second-order valence-electron chi connectivity index (χ2n) is 5.40. The maximum Gasteiger partial charge on any atom is 0.284 e. The van der Waals surface area contributed by atoms with Crippen molar-refractivity contribution in [2.24, 2.45) is 7.05 Å². The van der Waals surface area contributed by atoms with E-state index >= 15 is 0 Å². The van der Waals surface area contributed by atoms with E-state index in [1.807, 2.05) is 30.3 Å². The fourth-order valence-electron chi connectivity index (χ4n) is 2.59. The third-order valence-electron chi connectivity index (χ3n) is 3.86. The van der Waals surface area contributed by atoms with Gasteiger partial charge in [-0.05, 0) is 37.3 Å². The van der Waals surface area contributed by atoms with Crippen LogP contribution >= 0.6 is 11.6 Å². The fourth-order valence-corrected chi connectivity index (χ4v) is 2.78. The Morgan fingerprint density at radius 1 is 1.08 bits per heavy atom. The molecule has 0 bridgehead atoms. The zero-order valence-electron chi connectivity index (χ0n) is 13.3. The molecule has 24 heavy (non-hydrogen) atoms. The lowest BCUT2D eigenvalue weighted by atomic mass is 10.2. The first-order chi connectivity index (χ1) is 11.5. The molecule has 0 aliphatic carbocycles. The Balaban J connectivity index is 2.03. The van der Waals surface area contributed by atoms with Gasteiger partial charge in [-0.25, -0.2) is 4.68 Å². The minimum absolute atomic E-state index is 0.112. The van der Waals surface area contributed by atoms with E-state index < -0.39 is 5.91 Å². The fraction of sp³-hybridized carbons (Fsp3) is 0.111. The van der Waals surface area contributed by atoms with Gasteiger partial charge in [0.25, 0.3) is 11.5 Å². The van der Waals surface area contributed by atoms with Crippen LogP contribution in [0.4, 0.5) is 5.69 Å². The molecule has 5 nitrogen and oxygen atoms in total. The van der Waals surface area contributed by atoms with E-state index in [0.29, 0.717) is 22.1 Å². The topological polar surface area (TPSA) is 56.0 Å². The molecule has 0 spiro atoms.